The van der Waals surface area contributed by atoms with Crippen LogP contribution in [0.5, 0.6) is 0 Å². The molecule has 19 heavy (non-hydrogen) atoms. The van der Waals surface area contributed by atoms with Crippen molar-refractivity contribution in [1.29, 1.82) is 0 Å². The minimum absolute atomic E-state index is 0.121. The number of carbonyl (C=O) groups is 1. The summed E-state index contributed by atoms with van der Waals surface area (Å²) in [4.78, 5) is 15.8. The first-order chi connectivity index (χ1) is 9.17. The van der Waals surface area contributed by atoms with Crippen molar-refractivity contribution in [1.82, 2.24) is 4.90 Å². The van der Waals surface area contributed by atoms with Gasteiger partial charge < -0.3 is 10.6 Å². The van der Waals surface area contributed by atoms with Crippen LogP contribution in [-0.2, 0) is 0 Å². The summed E-state index contributed by atoms with van der Waals surface area (Å²) in [5.74, 6) is 0.121. The second-order valence-corrected chi connectivity index (χ2v) is 5.99. The molecule has 1 aromatic rings. The molecule has 0 aromatic heterocycles. The molecule has 0 aliphatic carbocycles. The van der Waals surface area contributed by atoms with Crippen LogP contribution in [0.25, 0.3) is 0 Å². The summed E-state index contributed by atoms with van der Waals surface area (Å²) in [6.45, 7) is 2.68. The van der Waals surface area contributed by atoms with Crippen molar-refractivity contribution in [3.8, 4) is 0 Å². The number of thioether (sulfide) groups is 1. The molecule has 0 radical (unpaired) electrons. The average Bonchev–Trinajstić information content (AvgIpc) is 2.46. The topological polar surface area (TPSA) is 46.3 Å². The maximum Gasteiger partial charge on any atom is 0.254 e. The fourth-order valence-corrected chi connectivity index (χ4v) is 3.18. The number of hydrogen-bond donors (Lipinski definition) is 1. The van der Waals surface area contributed by atoms with E-state index >= 15 is 0 Å². The summed E-state index contributed by atoms with van der Waals surface area (Å²) in [5.41, 5.74) is 6.59. The zero-order chi connectivity index (χ0) is 13.8. The van der Waals surface area contributed by atoms with Crippen molar-refractivity contribution in [3.63, 3.8) is 0 Å². The van der Waals surface area contributed by atoms with Crippen LogP contribution in [0.1, 0.15) is 36.5 Å². The first kappa shape index (κ1) is 14.4. The number of rotatable bonds is 3. The Labute approximate surface area is 119 Å². The van der Waals surface area contributed by atoms with E-state index in [-0.39, 0.29) is 18.0 Å². The Balaban J connectivity index is 2.20. The van der Waals surface area contributed by atoms with Crippen molar-refractivity contribution >= 4 is 17.7 Å². The van der Waals surface area contributed by atoms with Gasteiger partial charge in [0, 0.05) is 29.1 Å². The Kier molecular flexibility index (Phi) is 4.88. The monoisotopic (exact) mass is 278 g/mol. The molecule has 1 amide bonds. The molecule has 4 heteroatoms. The first-order valence-electron chi connectivity index (χ1n) is 6.84. The summed E-state index contributed by atoms with van der Waals surface area (Å²) >= 11 is 1.69. The molecule has 2 atom stereocenters. The summed E-state index contributed by atoms with van der Waals surface area (Å²) in [7, 11) is 0. The quantitative estimate of drug-likeness (QED) is 0.865. The summed E-state index contributed by atoms with van der Waals surface area (Å²) < 4.78 is 0. The number of carbonyl (C=O) groups excluding carboxylic acids is 1. The van der Waals surface area contributed by atoms with Crippen LogP contribution >= 0.6 is 11.8 Å². The predicted octanol–water partition coefficient (Wildman–Crippen LogP) is 2.75. The van der Waals surface area contributed by atoms with Gasteiger partial charge in [-0.05, 0) is 56.7 Å². The van der Waals surface area contributed by atoms with E-state index in [2.05, 4.69) is 6.92 Å². The second-order valence-electron chi connectivity index (χ2n) is 5.11. The van der Waals surface area contributed by atoms with Crippen LogP contribution in [0.15, 0.2) is 29.2 Å². The molecule has 0 bridgehead atoms. The lowest BCUT2D eigenvalue weighted by Crippen LogP contribution is -2.51. The number of nitrogens with two attached hydrogens (primary N) is 1. The van der Waals surface area contributed by atoms with Crippen LogP contribution in [-0.4, -0.2) is 35.7 Å². The molecule has 104 valence electrons. The molecule has 1 heterocycles. The number of benzene rings is 1. The largest absolute Gasteiger partial charge is 0.332 e. The highest BCUT2D eigenvalue weighted by Gasteiger charge is 2.31. The number of piperidine rings is 1. The molecule has 1 fully saturated rings. The minimum atomic E-state index is 0.121. The van der Waals surface area contributed by atoms with Crippen molar-refractivity contribution in [2.24, 2.45) is 5.73 Å². The normalized spacial score (nSPS) is 23.4. The zero-order valence-electron chi connectivity index (χ0n) is 11.6. The highest BCUT2D eigenvalue weighted by molar-refractivity contribution is 7.98. The highest BCUT2D eigenvalue weighted by Crippen LogP contribution is 2.25. The number of hydrogen-bond acceptors (Lipinski definition) is 3. The Morgan fingerprint density at radius 2 is 2.05 bits per heavy atom. The van der Waals surface area contributed by atoms with Gasteiger partial charge in [-0.3, -0.25) is 4.79 Å². The summed E-state index contributed by atoms with van der Waals surface area (Å²) in [6, 6.07) is 8.33. The second kappa shape index (κ2) is 6.44. The van der Waals surface area contributed by atoms with Gasteiger partial charge >= 0.3 is 0 Å². The maximum absolute atomic E-state index is 12.6. The van der Waals surface area contributed by atoms with E-state index in [9.17, 15) is 4.79 Å². The van der Waals surface area contributed by atoms with Crippen molar-refractivity contribution in [3.05, 3.63) is 29.8 Å². The molecular weight excluding hydrogens is 256 g/mol. The molecule has 1 aliphatic heterocycles. The van der Waals surface area contributed by atoms with Gasteiger partial charge in [0.25, 0.3) is 5.91 Å². The van der Waals surface area contributed by atoms with Crippen molar-refractivity contribution in [2.75, 3.05) is 12.8 Å². The smallest absolute Gasteiger partial charge is 0.254 e. The Morgan fingerprint density at radius 3 is 2.63 bits per heavy atom. The van der Waals surface area contributed by atoms with Gasteiger partial charge in [-0.25, -0.2) is 0 Å². The van der Waals surface area contributed by atoms with E-state index in [0.29, 0.717) is 6.54 Å². The third-order valence-electron chi connectivity index (χ3n) is 3.87. The van der Waals surface area contributed by atoms with E-state index < -0.39 is 0 Å². The van der Waals surface area contributed by atoms with Gasteiger partial charge in [0.15, 0.2) is 0 Å². The molecule has 2 rings (SSSR count). The Hall–Kier alpha value is -1.00. The SMILES string of the molecule is CSc1ccc(C(=O)N2C(C)CCCC2CN)cc1. The predicted molar refractivity (Wildman–Crippen MR) is 80.5 cm³/mol. The van der Waals surface area contributed by atoms with Gasteiger partial charge in [-0.15, -0.1) is 11.8 Å². The number of amides is 1. The van der Waals surface area contributed by atoms with Gasteiger partial charge in [0.2, 0.25) is 0 Å². The molecule has 0 saturated carbocycles. The van der Waals surface area contributed by atoms with E-state index in [0.717, 1.165) is 24.8 Å². The van der Waals surface area contributed by atoms with E-state index in [4.69, 9.17) is 5.73 Å². The lowest BCUT2D eigenvalue weighted by atomic mass is 9.95. The van der Waals surface area contributed by atoms with Crippen LogP contribution in [0, 0.1) is 0 Å². The molecule has 1 aliphatic rings. The Bertz CT molecular complexity index is 432. The molecule has 0 spiro atoms. The molecule has 1 aromatic carbocycles. The number of nitrogens with zero attached hydrogens (tertiary/aromatic N) is 1. The average molecular weight is 278 g/mol. The molecule has 3 nitrogen and oxygen atoms in total. The van der Waals surface area contributed by atoms with Crippen LogP contribution in [0.3, 0.4) is 0 Å². The lowest BCUT2D eigenvalue weighted by Gasteiger charge is -2.40. The standard InChI is InChI=1S/C15H22N2OS/c1-11-4-3-5-13(10-16)17(11)15(18)12-6-8-14(19-2)9-7-12/h6-9,11,13H,3-5,10,16H2,1-2H3. The van der Waals surface area contributed by atoms with Crippen molar-refractivity contribution < 1.29 is 4.79 Å². The third-order valence-corrected chi connectivity index (χ3v) is 4.61. The lowest BCUT2D eigenvalue weighted by molar-refractivity contribution is 0.0494. The molecule has 2 unspecified atom stereocenters. The molecule has 1 saturated heterocycles. The summed E-state index contributed by atoms with van der Waals surface area (Å²) in [6.07, 6.45) is 5.30. The van der Waals surface area contributed by atoms with Gasteiger partial charge in [0.05, 0.1) is 0 Å². The van der Waals surface area contributed by atoms with Gasteiger partial charge in [-0.2, -0.15) is 0 Å². The fourth-order valence-electron chi connectivity index (χ4n) is 2.77. The highest BCUT2D eigenvalue weighted by atomic mass is 32.2. The van der Waals surface area contributed by atoms with Gasteiger partial charge in [0.1, 0.15) is 0 Å². The molecular formula is C15H22N2OS. The minimum Gasteiger partial charge on any atom is -0.332 e. The van der Waals surface area contributed by atoms with E-state index in [1.54, 1.807) is 11.8 Å². The maximum atomic E-state index is 12.6. The van der Waals surface area contributed by atoms with Crippen molar-refractivity contribution in [2.45, 2.75) is 43.2 Å². The summed E-state index contributed by atoms with van der Waals surface area (Å²) in [5, 5.41) is 0. The molecule has 2 N–H and O–H groups in total. The first-order valence-corrected chi connectivity index (χ1v) is 8.06. The number of likely N-dealkylation sites (tertiary alicyclic amines) is 1. The fraction of sp³-hybridized carbons (Fsp3) is 0.533. The van der Waals surface area contributed by atoms with E-state index in [1.165, 1.54) is 4.90 Å². The Morgan fingerprint density at radius 1 is 1.37 bits per heavy atom. The van der Waals surface area contributed by atoms with Crippen LogP contribution in [0.4, 0.5) is 0 Å². The van der Waals surface area contributed by atoms with Gasteiger partial charge in [-0.1, -0.05) is 0 Å². The third kappa shape index (κ3) is 3.12. The van der Waals surface area contributed by atoms with E-state index in [1.807, 2.05) is 35.4 Å². The van der Waals surface area contributed by atoms with Crippen LogP contribution in [0.2, 0.25) is 0 Å². The zero-order valence-corrected chi connectivity index (χ0v) is 12.5. The van der Waals surface area contributed by atoms with Crippen LogP contribution < -0.4 is 5.73 Å².